The average Bonchev–Trinajstić information content (AvgIpc) is 2.60. The minimum atomic E-state index is -0.138. The summed E-state index contributed by atoms with van der Waals surface area (Å²) < 4.78 is 17.9. The number of methoxy groups -OCH3 is 2. The number of hydrogen-bond acceptors (Lipinski definition) is 5. The molecular weight excluding hydrogens is 336 g/mol. The highest BCUT2D eigenvalue weighted by Gasteiger charge is 2.34. The minimum Gasteiger partial charge on any atom is -0.493 e. The van der Waals surface area contributed by atoms with Gasteiger partial charge in [-0.1, -0.05) is 6.07 Å². The number of carbonyl (C=O) groups is 1. The Kier molecular flexibility index (Phi) is 4.88. The first-order valence-electron chi connectivity index (χ1n) is 8.29. The van der Waals surface area contributed by atoms with E-state index in [9.17, 15) is 9.59 Å². The van der Waals surface area contributed by atoms with Gasteiger partial charge < -0.3 is 23.7 Å². The van der Waals surface area contributed by atoms with Crippen molar-refractivity contribution in [3.63, 3.8) is 0 Å². The summed E-state index contributed by atoms with van der Waals surface area (Å²) in [6.07, 6.45) is -0.137. The summed E-state index contributed by atoms with van der Waals surface area (Å²) in [5, 5.41) is 0. The Morgan fingerprint density at radius 2 is 1.88 bits per heavy atom. The number of ether oxygens (including phenoxy) is 3. The molecule has 1 fully saturated rings. The molecule has 0 spiro atoms. The number of likely N-dealkylation sites (tertiary alicyclic amines) is 1. The highest BCUT2D eigenvalue weighted by molar-refractivity contribution is 5.98. The van der Waals surface area contributed by atoms with E-state index in [4.69, 9.17) is 14.2 Å². The van der Waals surface area contributed by atoms with Crippen LogP contribution in [0.2, 0.25) is 0 Å². The maximum Gasteiger partial charge on any atom is 0.258 e. The van der Waals surface area contributed by atoms with Crippen molar-refractivity contribution in [2.75, 3.05) is 27.3 Å². The molecule has 0 radical (unpaired) electrons. The highest BCUT2D eigenvalue weighted by Crippen LogP contribution is 2.32. The Balaban J connectivity index is 1.67. The van der Waals surface area contributed by atoms with Crippen LogP contribution in [-0.4, -0.2) is 48.8 Å². The summed E-state index contributed by atoms with van der Waals surface area (Å²) >= 11 is 0. The van der Waals surface area contributed by atoms with Gasteiger partial charge in [0, 0.05) is 18.8 Å². The van der Waals surface area contributed by atoms with Crippen LogP contribution in [0.15, 0.2) is 35.1 Å². The Bertz CT molecular complexity index is 884. The molecule has 3 rings (SSSR count). The molecule has 1 aliphatic heterocycles. The van der Waals surface area contributed by atoms with Crippen LogP contribution in [0.4, 0.5) is 0 Å². The van der Waals surface area contributed by atoms with E-state index in [0.29, 0.717) is 35.9 Å². The molecule has 2 aromatic rings. The number of benzene rings is 1. The lowest BCUT2D eigenvalue weighted by Gasteiger charge is -2.39. The average molecular weight is 358 g/mol. The van der Waals surface area contributed by atoms with Crippen LogP contribution in [0.5, 0.6) is 17.2 Å². The summed E-state index contributed by atoms with van der Waals surface area (Å²) in [4.78, 5) is 26.2. The monoisotopic (exact) mass is 358 g/mol. The maximum atomic E-state index is 12.7. The normalized spacial score (nSPS) is 13.9. The van der Waals surface area contributed by atoms with E-state index in [1.54, 1.807) is 34.7 Å². The molecule has 26 heavy (non-hydrogen) atoms. The summed E-state index contributed by atoms with van der Waals surface area (Å²) in [6, 6.07) is 8.49. The van der Waals surface area contributed by atoms with Crippen molar-refractivity contribution in [2.24, 2.45) is 7.05 Å². The van der Waals surface area contributed by atoms with E-state index in [1.165, 1.54) is 20.3 Å². The van der Waals surface area contributed by atoms with E-state index >= 15 is 0 Å². The van der Waals surface area contributed by atoms with Crippen LogP contribution in [0.25, 0.3) is 0 Å². The van der Waals surface area contributed by atoms with Crippen molar-refractivity contribution in [2.45, 2.75) is 13.0 Å². The van der Waals surface area contributed by atoms with E-state index in [-0.39, 0.29) is 17.6 Å². The van der Waals surface area contributed by atoms with E-state index in [2.05, 4.69) is 0 Å². The fourth-order valence-electron chi connectivity index (χ4n) is 2.90. The zero-order chi connectivity index (χ0) is 18.8. The summed E-state index contributed by atoms with van der Waals surface area (Å²) in [7, 11) is 4.76. The van der Waals surface area contributed by atoms with Crippen LogP contribution in [0.3, 0.4) is 0 Å². The van der Waals surface area contributed by atoms with E-state index in [1.807, 2.05) is 13.0 Å². The zero-order valence-electron chi connectivity index (χ0n) is 15.3. The lowest BCUT2D eigenvalue weighted by molar-refractivity contribution is 0.0174. The molecule has 138 valence electrons. The van der Waals surface area contributed by atoms with Crippen molar-refractivity contribution in [1.29, 1.82) is 0 Å². The van der Waals surface area contributed by atoms with Crippen molar-refractivity contribution in [1.82, 2.24) is 9.47 Å². The van der Waals surface area contributed by atoms with Gasteiger partial charge in [-0.25, -0.2) is 0 Å². The molecule has 1 aromatic heterocycles. The molecule has 1 amide bonds. The molecule has 0 bridgehead atoms. The number of aromatic nitrogens is 1. The highest BCUT2D eigenvalue weighted by atomic mass is 16.5. The van der Waals surface area contributed by atoms with Gasteiger partial charge in [-0.05, 0) is 25.1 Å². The lowest BCUT2D eigenvalue weighted by atomic mass is 10.1. The second-order valence-corrected chi connectivity index (χ2v) is 6.22. The number of amides is 1. The molecule has 1 aromatic carbocycles. The second kappa shape index (κ2) is 7.11. The third-order valence-electron chi connectivity index (χ3n) is 4.55. The molecule has 0 aliphatic carbocycles. The van der Waals surface area contributed by atoms with E-state index < -0.39 is 0 Å². The van der Waals surface area contributed by atoms with Crippen LogP contribution in [0, 0.1) is 6.92 Å². The molecular formula is C19H22N2O5. The number of pyridine rings is 1. The van der Waals surface area contributed by atoms with Gasteiger partial charge in [-0.3, -0.25) is 9.59 Å². The molecule has 1 saturated heterocycles. The third-order valence-corrected chi connectivity index (χ3v) is 4.55. The number of nitrogens with zero attached hydrogens (tertiary/aromatic N) is 2. The maximum absolute atomic E-state index is 12.7. The predicted molar refractivity (Wildman–Crippen MR) is 96.3 cm³/mol. The van der Waals surface area contributed by atoms with Crippen LogP contribution in [-0.2, 0) is 7.05 Å². The van der Waals surface area contributed by atoms with Gasteiger partial charge in [-0.15, -0.1) is 0 Å². The molecule has 0 saturated carbocycles. The zero-order valence-corrected chi connectivity index (χ0v) is 15.3. The van der Waals surface area contributed by atoms with Crippen LogP contribution >= 0.6 is 0 Å². The van der Waals surface area contributed by atoms with Crippen molar-refractivity contribution < 1.29 is 19.0 Å². The molecule has 2 heterocycles. The van der Waals surface area contributed by atoms with E-state index in [0.717, 1.165) is 5.69 Å². The Morgan fingerprint density at radius 1 is 1.15 bits per heavy atom. The summed E-state index contributed by atoms with van der Waals surface area (Å²) in [5.41, 5.74) is 1.16. The number of para-hydroxylation sites is 1. The van der Waals surface area contributed by atoms with Crippen LogP contribution < -0.4 is 19.8 Å². The Hall–Kier alpha value is -2.96. The van der Waals surface area contributed by atoms with Crippen LogP contribution in [0.1, 0.15) is 16.1 Å². The first kappa shape index (κ1) is 17.8. The number of hydrogen-bond donors (Lipinski definition) is 0. The fourth-order valence-corrected chi connectivity index (χ4v) is 2.90. The van der Waals surface area contributed by atoms with Gasteiger partial charge >= 0.3 is 0 Å². The Labute approximate surface area is 151 Å². The molecule has 7 nitrogen and oxygen atoms in total. The predicted octanol–water partition coefficient (Wildman–Crippen LogP) is 1.61. The number of aryl methyl sites for hydroxylation is 1. The van der Waals surface area contributed by atoms with Gasteiger partial charge in [0.15, 0.2) is 11.5 Å². The van der Waals surface area contributed by atoms with Gasteiger partial charge in [0.2, 0.25) is 0 Å². The number of carbonyl (C=O) groups excluding carboxylic acids is 1. The summed E-state index contributed by atoms with van der Waals surface area (Å²) in [6.45, 7) is 2.75. The van der Waals surface area contributed by atoms with Crippen molar-refractivity contribution >= 4 is 5.91 Å². The van der Waals surface area contributed by atoms with Crippen molar-refractivity contribution in [3.05, 3.63) is 51.9 Å². The lowest BCUT2D eigenvalue weighted by Crippen LogP contribution is -2.56. The fraction of sp³-hybridized carbons (Fsp3) is 0.368. The topological polar surface area (TPSA) is 70.0 Å². The SMILES string of the molecule is COc1cccc(C(=O)N2CC(Oc3cc(C)n(C)c(=O)c3)C2)c1OC. The first-order chi connectivity index (χ1) is 12.4. The molecule has 1 aliphatic rings. The second-order valence-electron chi connectivity index (χ2n) is 6.22. The standard InChI is InChI=1S/C19H22N2O5/c1-12-8-13(9-17(22)20(12)2)26-14-10-21(11-14)19(23)15-6-5-7-16(24-3)18(15)25-4/h5-9,14H,10-11H2,1-4H3. The van der Waals surface area contributed by atoms with Gasteiger partial charge in [0.25, 0.3) is 11.5 Å². The molecule has 0 N–H and O–H groups in total. The smallest absolute Gasteiger partial charge is 0.258 e. The van der Waals surface area contributed by atoms with Gasteiger partial charge in [0.05, 0.1) is 32.9 Å². The largest absolute Gasteiger partial charge is 0.493 e. The number of rotatable bonds is 5. The van der Waals surface area contributed by atoms with Crippen molar-refractivity contribution in [3.8, 4) is 17.2 Å². The minimum absolute atomic E-state index is 0.117. The quantitative estimate of drug-likeness (QED) is 0.812. The molecule has 0 atom stereocenters. The Morgan fingerprint density at radius 3 is 2.50 bits per heavy atom. The molecule has 0 unspecified atom stereocenters. The first-order valence-corrected chi connectivity index (χ1v) is 8.29. The third kappa shape index (κ3) is 3.24. The summed E-state index contributed by atoms with van der Waals surface area (Å²) in [5.74, 6) is 1.33. The molecule has 7 heteroatoms. The van der Waals surface area contributed by atoms with Gasteiger partial charge in [0.1, 0.15) is 11.9 Å². The van der Waals surface area contributed by atoms with Gasteiger partial charge in [-0.2, -0.15) is 0 Å².